The number of benzene rings is 1. The Morgan fingerprint density at radius 1 is 1.41 bits per heavy atom. The van der Waals surface area contributed by atoms with Crippen LogP contribution in [0.2, 0.25) is 0 Å². The van der Waals surface area contributed by atoms with Gasteiger partial charge in [0.1, 0.15) is 10.1 Å². The topological polar surface area (TPSA) is 57.6 Å². The molecule has 90 valence electrons. The minimum Gasteiger partial charge on any atom is -0.401 e. The van der Waals surface area contributed by atoms with Gasteiger partial charge in [0.15, 0.2) is 0 Å². The first-order valence-corrected chi connectivity index (χ1v) is 6.55. The zero-order valence-electron chi connectivity index (χ0n) is 10.4. The molecule has 1 rings (SSSR count). The minimum atomic E-state index is -4.01. The van der Waals surface area contributed by atoms with Crippen LogP contribution >= 0.6 is 0 Å². The van der Waals surface area contributed by atoms with Crippen molar-refractivity contribution >= 4 is 15.8 Å². The van der Waals surface area contributed by atoms with E-state index in [0.29, 0.717) is 6.54 Å². The largest absolute Gasteiger partial charge is 1.00 e. The summed E-state index contributed by atoms with van der Waals surface area (Å²) in [6, 6.07) is 7.78. The summed E-state index contributed by atoms with van der Waals surface area (Å²) < 4.78 is 29.9. The van der Waals surface area contributed by atoms with Crippen LogP contribution in [-0.4, -0.2) is 26.1 Å². The molecule has 0 bridgehead atoms. The smallest absolute Gasteiger partial charge is 0.401 e. The quantitative estimate of drug-likeness (QED) is 0.422. The molecule has 0 fully saturated rings. The Hall–Kier alpha value is 0.566. The van der Waals surface area contributed by atoms with Gasteiger partial charge in [0.25, 0.3) is 0 Å². The van der Waals surface area contributed by atoms with E-state index < -0.39 is 10.1 Å². The number of aryl methyl sites for hydroxylation is 1. The van der Waals surface area contributed by atoms with Crippen molar-refractivity contribution in [1.82, 2.24) is 0 Å². The van der Waals surface area contributed by atoms with Crippen LogP contribution in [0.4, 0.5) is 5.69 Å². The van der Waals surface area contributed by atoms with E-state index in [2.05, 4.69) is 0 Å². The van der Waals surface area contributed by atoms with Crippen LogP contribution in [0, 0.1) is 12.7 Å². The molecule has 0 heterocycles. The third-order valence-electron chi connectivity index (χ3n) is 2.25. The van der Waals surface area contributed by atoms with Crippen molar-refractivity contribution in [1.29, 1.82) is 0 Å². The number of hydrogen-bond acceptors (Lipinski definition) is 3. The summed E-state index contributed by atoms with van der Waals surface area (Å²) in [4.78, 5) is 1.86. The van der Waals surface area contributed by atoms with E-state index in [1.807, 2.05) is 43.0 Å². The molecule has 17 heavy (non-hydrogen) atoms. The van der Waals surface area contributed by atoms with Gasteiger partial charge in [0.2, 0.25) is 0 Å². The van der Waals surface area contributed by atoms with Crippen LogP contribution in [0.1, 0.15) is 12.5 Å². The molecule has 4 nitrogen and oxygen atoms in total. The van der Waals surface area contributed by atoms with Crippen molar-refractivity contribution < 1.29 is 64.4 Å². The molecule has 0 aliphatic rings. The van der Waals surface area contributed by atoms with Gasteiger partial charge in [-0.05, 0) is 31.5 Å². The zero-order chi connectivity index (χ0) is 12.2. The molecule has 1 N–H and O–H groups in total. The molecule has 0 spiro atoms. The van der Waals surface area contributed by atoms with Crippen molar-refractivity contribution in [3.8, 4) is 0 Å². The molecule has 1 aromatic carbocycles. The molecule has 0 saturated heterocycles. The Balaban J connectivity index is 0.00000256. The Labute approximate surface area is 146 Å². The average Bonchev–Trinajstić information content (AvgIpc) is 2.17. The third-order valence-corrected chi connectivity index (χ3v) is 2.82. The van der Waals surface area contributed by atoms with Gasteiger partial charge in [0.05, 0.1) is 0 Å². The number of hydrogen-bond donors (Lipinski definition) is 1. The van der Waals surface area contributed by atoms with Crippen LogP contribution < -0.4 is 56.3 Å². The molecule has 0 aliphatic heterocycles. The standard InChI is InChI=1S/C11H16NO3S.K/c1-3-12(7-8-16(13,14)15)11-6-4-5-10(2)9-11;/h4-6,8-9H,3,7H2,1-2H3,(H,13,14,15);/q-1;+1. The average molecular weight is 281 g/mol. The molecule has 0 aromatic heterocycles. The molecule has 0 amide bonds. The van der Waals surface area contributed by atoms with Crippen molar-refractivity contribution in [3.05, 3.63) is 35.6 Å². The normalized spacial score (nSPS) is 10.8. The van der Waals surface area contributed by atoms with E-state index >= 15 is 0 Å². The molecular formula is C11H16KNO3S. The second-order valence-electron chi connectivity index (χ2n) is 3.56. The second kappa shape index (κ2) is 7.88. The molecule has 1 aromatic rings. The van der Waals surface area contributed by atoms with E-state index in [-0.39, 0.29) is 57.9 Å². The third kappa shape index (κ3) is 6.90. The Kier molecular flexibility index (Phi) is 8.15. The van der Waals surface area contributed by atoms with Crippen LogP contribution in [0.25, 0.3) is 0 Å². The number of anilines is 1. The van der Waals surface area contributed by atoms with Gasteiger partial charge < -0.3 is 9.45 Å². The van der Waals surface area contributed by atoms with Gasteiger partial charge in [-0.2, -0.15) is 5.75 Å². The van der Waals surface area contributed by atoms with Gasteiger partial charge in [-0.25, -0.2) is 8.42 Å². The fraction of sp³-hybridized carbons (Fsp3) is 0.364. The Morgan fingerprint density at radius 3 is 2.53 bits per heavy atom. The van der Waals surface area contributed by atoms with Crippen LogP contribution in [0.3, 0.4) is 0 Å². The summed E-state index contributed by atoms with van der Waals surface area (Å²) in [7, 11) is -4.01. The minimum absolute atomic E-state index is 0. The van der Waals surface area contributed by atoms with Gasteiger partial charge in [0, 0.05) is 12.2 Å². The van der Waals surface area contributed by atoms with E-state index in [1.54, 1.807) is 0 Å². The SMILES string of the molecule is CCN(C[CH-]S(=O)(=O)O)c1cccc(C)c1.[K+]. The Morgan fingerprint density at radius 2 is 2.06 bits per heavy atom. The summed E-state index contributed by atoms with van der Waals surface area (Å²) in [5.41, 5.74) is 2.06. The molecule has 0 radical (unpaired) electrons. The van der Waals surface area contributed by atoms with Gasteiger partial charge in [-0.15, -0.1) is 0 Å². The number of rotatable bonds is 5. The molecule has 0 unspecified atom stereocenters. The molecule has 0 aliphatic carbocycles. The van der Waals surface area contributed by atoms with E-state index in [0.717, 1.165) is 17.0 Å². The summed E-state index contributed by atoms with van der Waals surface area (Å²) in [5, 5.41) is 0. The fourth-order valence-electron chi connectivity index (χ4n) is 1.43. The van der Waals surface area contributed by atoms with Crippen molar-refractivity contribution in [2.75, 3.05) is 18.0 Å². The molecular weight excluding hydrogens is 265 g/mol. The van der Waals surface area contributed by atoms with Crippen molar-refractivity contribution in [2.45, 2.75) is 13.8 Å². The first-order chi connectivity index (χ1) is 7.42. The molecule has 0 atom stereocenters. The van der Waals surface area contributed by atoms with Gasteiger partial charge >= 0.3 is 51.4 Å². The second-order valence-corrected chi connectivity index (χ2v) is 4.92. The van der Waals surface area contributed by atoms with E-state index in [1.165, 1.54) is 0 Å². The van der Waals surface area contributed by atoms with E-state index in [4.69, 9.17) is 4.55 Å². The predicted molar refractivity (Wildman–Crippen MR) is 64.9 cm³/mol. The summed E-state index contributed by atoms with van der Waals surface area (Å²) in [5.74, 6) is 0.902. The van der Waals surface area contributed by atoms with Gasteiger partial charge in [-0.1, -0.05) is 18.7 Å². The first kappa shape index (κ1) is 17.6. The zero-order valence-corrected chi connectivity index (χ0v) is 14.4. The molecule has 0 saturated carbocycles. The summed E-state index contributed by atoms with van der Waals surface area (Å²) >= 11 is 0. The summed E-state index contributed by atoms with van der Waals surface area (Å²) in [6.07, 6.45) is 0. The fourth-order valence-corrected chi connectivity index (χ4v) is 1.79. The monoisotopic (exact) mass is 281 g/mol. The first-order valence-electron chi connectivity index (χ1n) is 5.04. The Bertz CT molecular complexity index is 448. The van der Waals surface area contributed by atoms with Crippen LogP contribution in [-0.2, 0) is 10.1 Å². The summed E-state index contributed by atoms with van der Waals surface area (Å²) in [6.45, 7) is 4.76. The van der Waals surface area contributed by atoms with Crippen molar-refractivity contribution in [2.24, 2.45) is 0 Å². The number of nitrogens with zero attached hydrogens (tertiary/aromatic N) is 1. The maximum Gasteiger partial charge on any atom is 1.00 e. The molecule has 6 heteroatoms. The van der Waals surface area contributed by atoms with Crippen LogP contribution in [0.15, 0.2) is 24.3 Å². The van der Waals surface area contributed by atoms with Crippen LogP contribution in [0.5, 0.6) is 0 Å². The maximum atomic E-state index is 10.6. The van der Waals surface area contributed by atoms with E-state index in [9.17, 15) is 8.42 Å². The maximum absolute atomic E-state index is 10.6. The van der Waals surface area contributed by atoms with Gasteiger partial charge in [-0.3, -0.25) is 0 Å². The predicted octanol–water partition coefficient (Wildman–Crippen LogP) is -1.13. The van der Waals surface area contributed by atoms with Crippen molar-refractivity contribution in [3.63, 3.8) is 0 Å².